The van der Waals surface area contributed by atoms with Crippen molar-refractivity contribution in [1.82, 2.24) is 8.97 Å². The Bertz CT molecular complexity index is 1270. The van der Waals surface area contributed by atoms with E-state index in [-0.39, 0.29) is 11.2 Å². The van der Waals surface area contributed by atoms with Gasteiger partial charge >= 0.3 is 12.1 Å². The molecule has 4 aromatic rings. The van der Waals surface area contributed by atoms with Crippen LogP contribution >= 0.6 is 0 Å². The number of aromatic nitrogens is 2. The van der Waals surface area contributed by atoms with Gasteiger partial charge in [-0.25, -0.2) is 14.2 Å². The Morgan fingerprint density at radius 1 is 0.967 bits per heavy atom. The topological polar surface area (TPSA) is 83.9 Å². The van der Waals surface area contributed by atoms with Crippen LogP contribution in [0.25, 0.3) is 16.8 Å². The largest absolute Gasteiger partial charge is 0.478 e. The van der Waals surface area contributed by atoms with Gasteiger partial charge in [-0.3, -0.25) is 0 Å². The Kier molecular flexibility index (Phi) is 4.91. The van der Waals surface area contributed by atoms with Crippen molar-refractivity contribution < 1.29 is 19.8 Å². The second-order valence-corrected chi connectivity index (χ2v) is 7.28. The van der Waals surface area contributed by atoms with Crippen LogP contribution < -0.4 is 0 Å². The number of aromatic carboxylic acids is 1. The van der Waals surface area contributed by atoms with Crippen molar-refractivity contribution in [3.63, 3.8) is 0 Å². The maximum atomic E-state index is 12.1. The summed E-state index contributed by atoms with van der Waals surface area (Å²) in [6.45, 7) is 3.56. The van der Waals surface area contributed by atoms with Crippen LogP contribution in [-0.4, -0.2) is 31.2 Å². The first-order valence-corrected chi connectivity index (χ1v) is 9.77. The average molecular weight is 402 g/mol. The molecule has 2 heterocycles. The third kappa shape index (κ3) is 3.16. The Balaban J connectivity index is 1.89. The highest BCUT2D eigenvalue weighted by atomic mass is 16.4. The van der Waals surface area contributed by atoms with Crippen molar-refractivity contribution in [2.45, 2.75) is 26.7 Å². The molecule has 6 nitrogen and oxygen atoms in total. The molecule has 0 aliphatic carbocycles. The minimum atomic E-state index is -1.19. The fraction of sp³-hybridized carbons (Fsp3) is 0.167. The molecule has 30 heavy (non-hydrogen) atoms. The van der Waals surface area contributed by atoms with Crippen LogP contribution in [0.2, 0.25) is 0 Å². The Morgan fingerprint density at radius 3 is 2.30 bits per heavy atom. The van der Waals surface area contributed by atoms with Crippen molar-refractivity contribution >= 4 is 17.7 Å². The first-order chi connectivity index (χ1) is 14.4. The van der Waals surface area contributed by atoms with E-state index in [9.17, 15) is 19.8 Å². The number of imidazole rings is 1. The number of hydrogen-bond donors (Lipinski definition) is 2. The van der Waals surface area contributed by atoms with Crippen LogP contribution in [0.3, 0.4) is 0 Å². The number of benzene rings is 2. The van der Waals surface area contributed by atoms with Gasteiger partial charge in [-0.2, -0.15) is 0 Å². The van der Waals surface area contributed by atoms with Gasteiger partial charge in [-0.1, -0.05) is 61.5 Å². The second kappa shape index (κ2) is 7.55. The van der Waals surface area contributed by atoms with Crippen LogP contribution in [0.1, 0.15) is 39.8 Å². The number of aryl methyl sites for hydroxylation is 1. The summed E-state index contributed by atoms with van der Waals surface area (Å²) in [5.41, 5.74) is 5.41. The molecule has 2 aromatic heterocycles. The van der Waals surface area contributed by atoms with Crippen LogP contribution in [0, 0.1) is 6.92 Å². The molecule has 0 aliphatic heterocycles. The lowest BCUT2D eigenvalue weighted by Gasteiger charge is -2.08. The minimum absolute atomic E-state index is 0.0576. The highest BCUT2D eigenvalue weighted by molar-refractivity contribution is 5.99. The first kappa shape index (κ1) is 19.5. The summed E-state index contributed by atoms with van der Waals surface area (Å²) in [6.07, 6.45) is 1.51. The van der Waals surface area contributed by atoms with E-state index in [0.717, 1.165) is 27.0 Å². The summed E-state index contributed by atoms with van der Waals surface area (Å²) in [4.78, 5) is 23.9. The van der Waals surface area contributed by atoms with Gasteiger partial charge in [-0.15, -0.1) is 0 Å². The molecule has 0 unspecified atom stereocenters. The zero-order chi connectivity index (χ0) is 21.4. The highest BCUT2D eigenvalue weighted by Crippen LogP contribution is 2.30. The standard InChI is InChI=1S/C24H22N2O4/c1-3-19-20(13-16-8-7-11-18(12-16)17-9-5-4-6-10-17)25-14-15(2)26(24(29)30)22(25)21(19)23(27)28/h4-12,14H,3,13H2,1-2H3,(H,27,28)(H,29,30). The predicted molar refractivity (Wildman–Crippen MR) is 115 cm³/mol. The van der Waals surface area contributed by atoms with E-state index >= 15 is 0 Å². The van der Waals surface area contributed by atoms with Gasteiger partial charge in [0.05, 0.1) is 0 Å². The highest BCUT2D eigenvalue weighted by Gasteiger charge is 2.27. The van der Waals surface area contributed by atoms with Crippen molar-refractivity contribution in [2.24, 2.45) is 0 Å². The molecular weight excluding hydrogens is 380 g/mol. The molecule has 2 N–H and O–H groups in total. The second-order valence-electron chi connectivity index (χ2n) is 7.28. The van der Waals surface area contributed by atoms with E-state index in [2.05, 4.69) is 6.07 Å². The lowest BCUT2D eigenvalue weighted by molar-refractivity contribution is 0.0697. The number of rotatable bonds is 5. The number of fused-ring (bicyclic) bond motifs is 1. The molecule has 152 valence electrons. The fourth-order valence-corrected chi connectivity index (χ4v) is 4.17. The summed E-state index contributed by atoms with van der Waals surface area (Å²) in [7, 11) is 0. The molecular formula is C24H22N2O4. The van der Waals surface area contributed by atoms with E-state index in [0.29, 0.717) is 24.1 Å². The number of carbonyl (C=O) groups is 2. The minimum Gasteiger partial charge on any atom is -0.478 e. The molecule has 0 bridgehead atoms. The van der Waals surface area contributed by atoms with Gasteiger partial charge < -0.3 is 14.6 Å². The first-order valence-electron chi connectivity index (χ1n) is 9.77. The molecule has 0 saturated heterocycles. The molecule has 2 aromatic carbocycles. The summed E-state index contributed by atoms with van der Waals surface area (Å²) in [6, 6.07) is 18.2. The summed E-state index contributed by atoms with van der Waals surface area (Å²) in [5.74, 6) is -1.12. The lowest BCUT2D eigenvalue weighted by atomic mass is 9.98. The van der Waals surface area contributed by atoms with E-state index in [1.807, 2.05) is 55.5 Å². The molecule has 0 saturated carbocycles. The van der Waals surface area contributed by atoms with Gasteiger partial charge in [0.25, 0.3) is 0 Å². The van der Waals surface area contributed by atoms with Crippen molar-refractivity contribution in [3.8, 4) is 11.1 Å². The van der Waals surface area contributed by atoms with Crippen LogP contribution in [0.4, 0.5) is 4.79 Å². The average Bonchev–Trinajstić information content (AvgIpc) is 3.21. The Labute approximate surface area is 173 Å². The zero-order valence-electron chi connectivity index (χ0n) is 16.8. The summed E-state index contributed by atoms with van der Waals surface area (Å²) >= 11 is 0. The van der Waals surface area contributed by atoms with E-state index in [4.69, 9.17) is 0 Å². The van der Waals surface area contributed by atoms with Gasteiger partial charge in [0.15, 0.2) is 0 Å². The van der Waals surface area contributed by atoms with Crippen LogP contribution in [0.5, 0.6) is 0 Å². The summed E-state index contributed by atoms with van der Waals surface area (Å²) < 4.78 is 2.77. The zero-order valence-corrected chi connectivity index (χ0v) is 16.8. The molecule has 0 radical (unpaired) electrons. The van der Waals surface area contributed by atoms with E-state index in [1.165, 1.54) is 0 Å². The summed E-state index contributed by atoms with van der Waals surface area (Å²) in [5, 5.41) is 19.5. The molecule has 0 aliphatic rings. The third-order valence-electron chi connectivity index (χ3n) is 5.44. The number of nitrogens with zero attached hydrogens (tertiary/aromatic N) is 2. The van der Waals surface area contributed by atoms with Gasteiger partial charge in [0.2, 0.25) is 0 Å². The quantitative estimate of drug-likeness (QED) is 0.487. The Hall–Kier alpha value is -3.80. The lowest BCUT2D eigenvalue weighted by Crippen LogP contribution is -2.12. The predicted octanol–water partition coefficient (Wildman–Crippen LogP) is 5.09. The van der Waals surface area contributed by atoms with Crippen molar-refractivity contribution in [1.29, 1.82) is 0 Å². The molecule has 0 fully saturated rings. The monoisotopic (exact) mass is 402 g/mol. The molecule has 6 heteroatoms. The molecule has 0 spiro atoms. The van der Waals surface area contributed by atoms with Gasteiger partial charge in [0.1, 0.15) is 11.2 Å². The van der Waals surface area contributed by atoms with Gasteiger partial charge in [-0.05, 0) is 35.6 Å². The number of carboxylic acid groups (broad SMARTS) is 2. The molecule has 0 amide bonds. The Morgan fingerprint density at radius 2 is 1.67 bits per heavy atom. The van der Waals surface area contributed by atoms with Crippen molar-refractivity contribution in [3.05, 3.63) is 88.9 Å². The third-order valence-corrected chi connectivity index (χ3v) is 5.44. The SMILES string of the molecule is CCc1c(C(=O)O)c2n(C(=O)O)c(C)cn2c1Cc1cccc(-c2ccccc2)c1. The van der Waals surface area contributed by atoms with Crippen LogP contribution in [0.15, 0.2) is 60.8 Å². The van der Waals surface area contributed by atoms with E-state index < -0.39 is 12.1 Å². The maximum absolute atomic E-state index is 12.1. The van der Waals surface area contributed by atoms with E-state index in [1.54, 1.807) is 17.5 Å². The normalized spacial score (nSPS) is 11.1. The van der Waals surface area contributed by atoms with Gasteiger partial charge in [0, 0.05) is 24.0 Å². The maximum Gasteiger partial charge on any atom is 0.417 e. The molecule has 0 atom stereocenters. The number of carboxylic acids is 1. The number of hydrogen-bond acceptors (Lipinski definition) is 2. The smallest absolute Gasteiger partial charge is 0.417 e. The fourth-order valence-electron chi connectivity index (χ4n) is 4.17. The molecule has 4 rings (SSSR count). The van der Waals surface area contributed by atoms with Crippen LogP contribution in [-0.2, 0) is 12.8 Å². The van der Waals surface area contributed by atoms with Crippen molar-refractivity contribution in [2.75, 3.05) is 0 Å².